The molecule has 0 bridgehead atoms. The third-order valence-electron chi connectivity index (χ3n) is 5.41. The van der Waals surface area contributed by atoms with Crippen LogP contribution in [0.4, 0.5) is 5.13 Å². The van der Waals surface area contributed by atoms with E-state index in [0.29, 0.717) is 16.5 Å². The van der Waals surface area contributed by atoms with E-state index in [1.54, 1.807) is 36.2 Å². The molecule has 2 heterocycles. The zero-order valence-electron chi connectivity index (χ0n) is 17.7. The lowest BCUT2D eigenvalue weighted by atomic mass is 9.94. The van der Waals surface area contributed by atoms with Crippen LogP contribution in [0.5, 0.6) is 5.75 Å². The molecule has 1 aliphatic rings. The van der Waals surface area contributed by atoms with Crippen LogP contribution in [0.2, 0.25) is 0 Å². The van der Waals surface area contributed by atoms with Gasteiger partial charge >= 0.3 is 11.6 Å². The monoisotopic (exact) mass is 456 g/mol. The first-order valence-electron chi connectivity index (χ1n) is 10.6. The van der Waals surface area contributed by atoms with Crippen molar-refractivity contribution in [1.82, 2.24) is 4.98 Å². The molecule has 0 N–H and O–H groups in total. The largest absolute Gasteiger partial charge is 0.482 e. The zero-order valence-corrected chi connectivity index (χ0v) is 18.5. The molecule has 3 aromatic rings. The van der Waals surface area contributed by atoms with Gasteiger partial charge in [0.05, 0.1) is 0 Å². The van der Waals surface area contributed by atoms with E-state index in [4.69, 9.17) is 13.9 Å². The van der Waals surface area contributed by atoms with Gasteiger partial charge in [-0.1, -0.05) is 19.3 Å². The number of amides is 1. The first-order chi connectivity index (χ1) is 15.5. The maximum Gasteiger partial charge on any atom is 0.344 e. The number of benzene rings is 1. The second-order valence-electron chi connectivity index (χ2n) is 7.69. The Morgan fingerprint density at radius 1 is 1.22 bits per heavy atom. The Morgan fingerprint density at radius 3 is 2.75 bits per heavy atom. The molecule has 1 atom stereocenters. The summed E-state index contributed by atoms with van der Waals surface area (Å²) in [6.45, 7) is 1.19. The van der Waals surface area contributed by atoms with Gasteiger partial charge < -0.3 is 13.9 Å². The number of thiazole rings is 1. The predicted molar refractivity (Wildman–Crippen MR) is 120 cm³/mol. The maximum absolute atomic E-state index is 13.2. The molecule has 9 heteroatoms. The summed E-state index contributed by atoms with van der Waals surface area (Å²) in [6, 6.07) is 7.96. The average molecular weight is 457 g/mol. The van der Waals surface area contributed by atoms with Crippen molar-refractivity contribution < 1.29 is 23.5 Å². The van der Waals surface area contributed by atoms with E-state index in [1.807, 2.05) is 5.38 Å². The van der Waals surface area contributed by atoms with Crippen molar-refractivity contribution in [2.45, 2.75) is 51.2 Å². The van der Waals surface area contributed by atoms with E-state index in [0.717, 1.165) is 37.5 Å². The molecule has 0 saturated heterocycles. The average Bonchev–Trinajstić information content (AvgIpc) is 3.32. The van der Waals surface area contributed by atoms with Crippen LogP contribution in [-0.4, -0.2) is 35.6 Å². The summed E-state index contributed by atoms with van der Waals surface area (Å²) in [7, 11) is 0. The van der Waals surface area contributed by atoms with Crippen LogP contribution >= 0.6 is 11.3 Å². The Balaban J connectivity index is 1.37. The fourth-order valence-electron chi connectivity index (χ4n) is 3.86. The molecule has 168 valence electrons. The lowest BCUT2D eigenvalue weighted by molar-refractivity contribution is -0.156. The minimum absolute atomic E-state index is 0.0621. The molecule has 2 aromatic heterocycles. The summed E-state index contributed by atoms with van der Waals surface area (Å²) in [5.74, 6) is -0.592. The molecule has 1 unspecified atom stereocenters. The minimum Gasteiger partial charge on any atom is -0.482 e. The predicted octanol–water partition coefficient (Wildman–Crippen LogP) is 3.93. The molecule has 1 aromatic carbocycles. The van der Waals surface area contributed by atoms with Crippen LogP contribution in [0.15, 0.2) is 51.1 Å². The lowest BCUT2D eigenvalue weighted by Gasteiger charge is -2.33. The highest BCUT2D eigenvalue weighted by Crippen LogP contribution is 2.29. The maximum atomic E-state index is 13.2. The molecule has 4 rings (SSSR count). The normalized spacial score (nSPS) is 15.3. The number of carbonyl (C=O) groups excluding carboxylic acids is 2. The van der Waals surface area contributed by atoms with E-state index in [-0.39, 0.29) is 18.6 Å². The van der Waals surface area contributed by atoms with Crippen molar-refractivity contribution in [3.8, 4) is 5.75 Å². The van der Waals surface area contributed by atoms with Gasteiger partial charge in [0.2, 0.25) is 0 Å². The lowest BCUT2D eigenvalue weighted by Crippen LogP contribution is -2.47. The quantitative estimate of drug-likeness (QED) is 0.392. The summed E-state index contributed by atoms with van der Waals surface area (Å²) >= 11 is 1.40. The summed E-state index contributed by atoms with van der Waals surface area (Å²) in [4.78, 5) is 42.9. The summed E-state index contributed by atoms with van der Waals surface area (Å²) < 4.78 is 15.9. The Hall–Kier alpha value is -3.20. The van der Waals surface area contributed by atoms with Crippen molar-refractivity contribution in [2.24, 2.45) is 0 Å². The van der Waals surface area contributed by atoms with Gasteiger partial charge in [0.25, 0.3) is 5.91 Å². The molecule has 8 nitrogen and oxygen atoms in total. The highest BCUT2D eigenvalue weighted by atomic mass is 32.1. The Kier molecular flexibility index (Phi) is 6.84. The van der Waals surface area contributed by atoms with Gasteiger partial charge in [-0.15, -0.1) is 11.3 Å². The van der Waals surface area contributed by atoms with Crippen LogP contribution in [0.3, 0.4) is 0 Å². The number of ether oxygens (including phenoxy) is 2. The number of aromatic nitrogens is 1. The molecule has 32 heavy (non-hydrogen) atoms. The van der Waals surface area contributed by atoms with Crippen LogP contribution in [0, 0.1) is 0 Å². The molecule has 1 saturated carbocycles. The molecule has 0 radical (unpaired) electrons. The number of nitrogens with zero attached hydrogens (tertiary/aromatic N) is 2. The highest BCUT2D eigenvalue weighted by Gasteiger charge is 2.33. The van der Waals surface area contributed by atoms with Gasteiger partial charge in [-0.25, -0.2) is 14.6 Å². The van der Waals surface area contributed by atoms with Crippen molar-refractivity contribution in [3.63, 3.8) is 0 Å². The number of fused-ring (bicyclic) bond motifs is 1. The van der Waals surface area contributed by atoms with E-state index in [9.17, 15) is 14.4 Å². The second-order valence-corrected chi connectivity index (χ2v) is 8.56. The first kappa shape index (κ1) is 22.0. The minimum atomic E-state index is -0.966. The SMILES string of the molecule is CC(OC(=O)COc1ccc2ccc(=O)oc2c1)C(=O)N(c1nccs1)C1CCCCC1. The van der Waals surface area contributed by atoms with Crippen LogP contribution in [0.25, 0.3) is 11.0 Å². The van der Waals surface area contributed by atoms with Gasteiger partial charge in [0, 0.05) is 35.1 Å². The van der Waals surface area contributed by atoms with E-state index in [1.165, 1.54) is 23.5 Å². The summed E-state index contributed by atoms with van der Waals surface area (Å²) in [6.07, 6.45) is 5.81. The number of hydrogen-bond donors (Lipinski definition) is 0. The zero-order chi connectivity index (χ0) is 22.5. The molecule has 1 amide bonds. The first-order valence-corrected chi connectivity index (χ1v) is 11.5. The Bertz CT molecular complexity index is 1140. The molecule has 1 aliphatic carbocycles. The number of esters is 1. The summed E-state index contributed by atoms with van der Waals surface area (Å²) in [5, 5.41) is 3.19. The van der Waals surface area contributed by atoms with Gasteiger partial charge in [-0.3, -0.25) is 9.69 Å². The van der Waals surface area contributed by atoms with Crippen LogP contribution < -0.4 is 15.3 Å². The number of anilines is 1. The third kappa shape index (κ3) is 5.16. The van der Waals surface area contributed by atoms with Crippen LogP contribution in [0.1, 0.15) is 39.0 Å². The number of carbonyl (C=O) groups is 2. The molecule has 0 aliphatic heterocycles. The number of rotatable bonds is 7. The van der Waals surface area contributed by atoms with Crippen molar-refractivity contribution in [2.75, 3.05) is 11.5 Å². The van der Waals surface area contributed by atoms with E-state index < -0.39 is 17.7 Å². The molecule has 1 fully saturated rings. The third-order valence-corrected chi connectivity index (χ3v) is 6.18. The van der Waals surface area contributed by atoms with Gasteiger partial charge in [-0.2, -0.15) is 0 Å². The van der Waals surface area contributed by atoms with Crippen molar-refractivity contribution in [1.29, 1.82) is 0 Å². The molecule has 0 spiro atoms. The topological polar surface area (TPSA) is 98.9 Å². The second kappa shape index (κ2) is 9.95. The van der Waals surface area contributed by atoms with E-state index >= 15 is 0 Å². The summed E-state index contributed by atoms with van der Waals surface area (Å²) in [5.41, 5.74) is -0.109. The van der Waals surface area contributed by atoms with E-state index in [2.05, 4.69) is 4.98 Å². The van der Waals surface area contributed by atoms with Gasteiger partial charge in [0.15, 0.2) is 17.8 Å². The Labute approximate surface area is 188 Å². The van der Waals surface area contributed by atoms with Crippen LogP contribution in [-0.2, 0) is 14.3 Å². The Morgan fingerprint density at radius 2 is 2.00 bits per heavy atom. The smallest absolute Gasteiger partial charge is 0.344 e. The molecular weight excluding hydrogens is 432 g/mol. The van der Waals surface area contributed by atoms with Crippen molar-refractivity contribution in [3.05, 3.63) is 52.3 Å². The van der Waals surface area contributed by atoms with Gasteiger partial charge in [0.1, 0.15) is 11.3 Å². The molecular formula is C23H24N2O6S. The van der Waals surface area contributed by atoms with Gasteiger partial charge in [-0.05, 0) is 38.0 Å². The fraction of sp³-hybridized carbons (Fsp3) is 0.391. The van der Waals surface area contributed by atoms with Crippen molar-refractivity contribution >= 4 is 39.3 Å². The highest BCUT2D eigenvalue weighted by molar-refractivity contribution is 7.13. The standard InChI is InChI=1S/C23H24N2O6S/c1-15(22(28)25(23-24-11-12-32-23)17-5-3-2-4-6-17)30-21(27)14-29-18-9-7-16-8-10-20(26)31-19(16)13-18/h7-13,15,17H,2-6,14H2,1H3. The fourth-order valence-corrected chi connectivity index (χ4v) is 4.57. The number of hydrogen-bond acceptors (Lipinski definition) is 8.